The van der Waals surface area contributed by atoms with E-state index in [2.05, 4.69) is 0 Å². The Morgan fingerprint density at radius 3 is 2.58 bits per heavy atom. The number of halogens is 1. The zero-order valence-corrected chi connectivity index (χ0v) is 21.0. The van der Waals surface area contributed by atoms with Gasteiger partial charge in [0.2, 0.25) is 0 Å². The number of benzene rings is 2. The molecule has 2 aromatic rings. The van der Waals surface area contributed by atoms with E-state index < -0.39 is 34.6 Å². The fourth-order valence-corrected chi connectivity index (χ4v) is 6.65. The Balaban J connectivity index is 1.44. The quantitative estimate of drug-likeness (QED) is 0.586. The van der Waals surface area contributed by atoms with E-state index in [-0.39, 0.29) is 30.5 Å². The topological polar surface area (TPSA) is 99.2 Å². The van der Waals surface area contributed by atoms with E-state index in [9.17, 15) is 18.3 Å². The van der Waals surface area contributed by atoms with E-state index in [0.717, 1.165) is 41.1 Å². The number of nitrogens with zero attached hydrogens (tertiary/aromatic N) is 2. The lowest BCUT2D eigenvalue weighted by molar-refractivity contribution is -0.117. The molecule has 2 aromatic carbocycles. The van der Waals surface area contributed by atoms with Gasteiger partial charge < -0.3 is 9.84 Å². The number of ether oxygens (including phenoxy) is 1. The van der Waals surface area contributed by atoms with Gasteiger partial charge in [0.05, 0.1) is 6.10 Å². The molecule has 3 aliphatic rings. The van der Waals surface area contributed by atoms with E-state index in [0.29, 0.717) is 25.1 Å². The third kappa shape index (κ3) is 5.21. The highest BCUT2D eigenvalue weighted by molar-refractivity contribution is 7.92. The first kappa shape index (κ1) is 25.0. The number of aliphatic hydroxyl groups excluding tert-OH is 1. The molecule has 0 aromatic heterocycles. The molecular weight excluding hydrogens is 485 g/mol. The van der Waals surface area contributed by atoms with E-state index in [1.54, 1.807) is 6.07 Å². The minimum absolute atomic E-state index is 0.0888. The summed E-state index contributed by atoms with van der Waals surface area (Å²) >= 11 is 0. The monoisotopic (exact) mass is 517 g/mol. The van der Waals surface area contributed by atoms with Crippen LogP contribution in [0.5, 0.6) is 5.75 Å². The second kappa shape index (κ2) is 10.4. The number of β-amino-alcohol motifs (C(OH)–C–C–N with tert-alkyl or cyclic N) is 1. The van der Waals surface area contributed by atoms with E-state index >= 15 is 4.39 Å². The number of fused-ring (bicyclic) bond motifs is 1. The normalized spacial score (nSPS) is 21.2. The Morgan fingerprint density at radius 1 is 1.14 bits per heavy atom. The first-order valence-electron chi connectivity index (χ1n) is 12.6. The van der Waals surface area contributed by atoms with Crippen LogP contribution in [0.25, 0.3) is 0 Å². The van der Waals surface area contributed by atoms with E-state index in [1.165, 1.54) is 6.42 Å². The third-order valence-corrected chi connectivity index (χ3v) is 8.80. The lowest BCUT2D eigenvalue weighted by Gasteiger charge is -2.35. The minimum atomic E-state index is -4.23. The van der Waals surface area contributed by atoms with E-state index in [1.807, 2.05) is 40.0 Å². The first-order chi connectivity index (χ1) is 17.3. The molecule has 1 amide bonds. The molecule has 1 unspecified atom stereocenters. The predicted molar refractivity (Wildman–Crippen MR) is 133 cm³/mol. The highest BCUT2D eigenvalue weighted by Gasteiger charge is 2.39. The summed E-state index contributed by atoms with van der Waals surface area (Å²) in [6.45, 7) is 0.986. The van der Waals surface area contributed by atoms with Crippen molar-refractivity contribution in [3.63, 3.8) is 0 Å². The molecule has 10 heteroatoms. The standard InChI is InChI=1S/C26H32FN3O5S/c27-25-21-14-29(15-22(31)19-9-5-2-6-10-19)12-11-20(21)13-23(35-17-18-7-3-1-4-8-18)26(25)30-16-24(32)28-36(30,33)34/h1,3-4,7-8,13,19,22,31H,2,5-6,9-12,14-17H2,(H,28,32). The van der Waals surface area contributed by atoms with Gasteiger partial charge in [0.1, 0.15) is 24.6 Å². The van der Waals surface area contributed by atoms with Crippen molar-refractivity contribution >= 4 is 21.8 Å². The molecule has 0 spiro atoms. The second-order valence-electron chi connectivity index (χ2n) is 9.94. The largest absolute Gasteiger partial charge is 0.487 e. The molecule has 1 saturated heterocycles. The summed E-state index contributed by atoms with van der Waals surface area (Å²) in [7, 11) is -4.23. The van der Waals surface area contributed by atoms with Crippen LogP contribution < -0.4 is 13.8 Å². The van der Waals surface area contributed by atoms with Crippen molar-refractivity contribution in [1.82, 2.24) is 9.62 Å². The van der Waals surface area contributed by atoms with Crippen molar-refractivity contribution in [3.8, 4) is 5.75 Å². The van der Waals surface area contributed by atoms with Crippen LogP contribution in [-0.4, -0.2) is 50.1 Å². The number of anilines is 1. The Morgan fingerprint density at radius 2 is 1.89 bits per heavy atom. The van der Waals surface area contributed by atoms with Gasteiger partial charge in [0, 0.05) is 25.2 Å². The number of hydrogen-bond acceptors (Lipinski definition) is 6. The van der Waals surface area contributed by atoms with Gasteiger partial charge in [-0.1, -0.05) is 49.6 Å². The molecule has 2 N–H and O–H groups in total. The average Bonchev–Trinajstić information content (AvgIpc) is 3.15. The summed E-state index contributed by atoms with van der Waals surface area (Å²) in [5, 5.41) is 10.8. The van der Waals surface area contributed by atoms with Crippen molar-refractivity contribution in [3.05, 3.63) is 58.9 Å². The number of amides is 1. The number of rotatable bonds is 7. The second-order valence-corrected chi connectivity index (χ2v) is 11.5. The van der Waals surface area contributed by atoms with Gasteiger partial charge in [-0.05, 0) is 42.4 Å². The maximum atomic E-state index is 16.1. The van der Waals surface area contributed by atoms with Crippen molar-refractivity contribution in [2.45, 2.75) is 57.8 Å². The summed E-state index contributed by atoms with van der Waals surface area (Å²) in [4.78, 5) is 14.0. The lowest BCUT2D eigenvalue weighted by atomic mass is 9.85. The molecule has 2 heterocycles. The van der Waals surface area contributed by atoms with Crippen LogP contribution in [0.3, 0.4) is 0 Å². The molecule has 194 valence electrons. The van der Waals surface area contributed by atoms with Crippen LogP contribution in [-0.2, 0) is 34.6 Å². The maximum absolute atomic E-state index is 16.1. The molecule has 8 nitrogen and oxygen atoms in total. The third-order valence-electron chi connectivity index (χ3n) is 7.42. The summed E-state index contributed by atoms with van der Waals surface area (Å²) in [5.74, 6) is -1.07. The molecule has 2 fully saturated rings. The minimum Gasteiger partial charge on any atom is -0.487 e. The molecule has 36 heavy (non-hydrogen) atoms. The average molecular weight is 518 g/mol. The van der Waals surface area contributed by atoms with Crippen molar-refractivity contribution in [2.75, 3.05) is 23.9 Å². The number of nitrogens with one attached hydrogen (secondary N) is 1. The Kier molecular flexibility index (Phi) is 7.18. The number of hydrogen-bond donors (Lipinski definition) is 2. The highest BCUT2D eigenvalue weighted by atomic mass is 32.2. The molecule has 1 atom stereocenters. The van der Waals surface area contributed by atoms with Crippen LogP contribution in [0.4, 0.5) is 10.1 Å². The fraction of sp³-hybridized carbons (Fsp3) is 0.500. The van der Waals surface area contributed by atoms with Crippen molar-refractivity contribution in [1.29, 1.82) is 0 Å². The van der Waals surface area contributed by atoms with Gasteiger partial charge >= 0.3 is 10.2 Å². The van der Waals surface area contributed by atoms with Crippen molar-refractivity contribution in [2.24, 2.45) is 5.92 Å². The van der Waals surface area contributed by atoms with Gasteiger partial charge in [-0.25, -0.2) is 13.4 Å². The summed E-state index contributed by atoms with van der Waals surface area (Å²) in [5.41, 5.74) is 1.73. The zero-order valence-electron chi connectivity index (χ0n) is 20.2. The molecular formula is C26H32FN3O5S. The Hall–Kier alpha value is -2.69. The molecule has 1 saturated carbocycles. The predicted octanol–water partition coefficient (Wildman–Crippen LogP) is 2.89. The number of carbonyl (C=O) groups excluding carboxylic acids is 1. The smallest absolute Gasteiger partial charge is 0.326 e. The summed E-state index contributed by atoms with van der Waals surface area (Å²) < 4.78 is 50.0. The van der Waals surface area contributed by atoms with Crippen LogP contribution in [0.2, 0.25) is 0 Å². The van der Waals surface area contributed by atoms with E-state index in [4.69, 9.17) is 4.74 Å². The number of carbonyl (C=O) groups is 1. The lowest BCUT2D eigenvalue weighted by Crippen LogP contribution is -2.40. The van der Waals surface area contributed by atoms with Crippen LogP contribution in [0.15, 0.2) is 36.4 Å². The van der Waals surface area contributed by atoms with Gasteiger partial charge in [-0.2, -0.15) is 8.42 Å². The molecule has 1 aliphatic carbocycles. The maximum Gasteiger partial charge on any atom is 0.326 e. The van der Waals surface area contributed by atoms with Gasteiger partial charge in [-0.3, -0.25) is 9.69 Å². The highest BCUT2D eigenvalue weighted by Crippen LogP contribution is 2.40. The number of aliphatic hydroxyl groups is 1. The van der Waals surface area contributed by atoms with Gasteiger partial charge in [0.25, 0.3) is 5.91 Å². The fourth-order valence-electron chi connectivity index (χ4n) is 5.49. The van der Waals surface area contributed by atoms with Gasteiger partial charge in [-0.15, -0.1) is 0 Å². The Labute approximate surface area is 211 Å². The zero-order chi connectivity index (χ0) is 25.3. The molecule has 0 radical (unpaired) electrons. The SMILES string of the molecule is O=C1CN(c2c(OCc3ccccc3)cc3c(c2F)CN(CC(O)C2CCCCC2)CC3)S(=O)(=O)N1. The summed E-state index contributed by atoms with van der Waals surface area (Å²) in [6, 6.07) is 11.0. The summed E-state index contributed by atoms with van der Waals surface area (Å²) in [6.07, 6.45) is 5.58. The van der Waals surface area contributed by atoms with Crippen LogP contribution in [0.1, 0.15) is 48.8 Å². The van der Waals surface area contributed by atoms with Gasteiger partial charge in [0.15, 0.2) is 5.82 Å². The molecule has 0 bridgehead atoms. The molecule has 2 aliphatic heterocycles. The first-order valence-corrected chi connectivity index (χ1v) is 14.0. The molecule has 5 rings (SSSR count). The van der Waals surface area contributed by atoms with Crippen LogP contribution >= 0.6 is 0 Å². The van der Waals surface area contributed by atoms with Crippen molar-refractivity contribution < 1.29 is 27.4 Å². The Bertz CT molecular complexity index is 1220. The van der Waals surface area contributed by atoms with Crippen LogP contribution in [0, 0.1) is 11.7 Å².